The number of rotatable bonds is 14. The SMILES string of the molecule is CCCCCCCCC(CCCC)C1=CC=NC1=Cc1[nH]c(-c2ccc[nH]2)cc1OC.Cl. The van der Waals surface area contributed by atoms with Crippen LogP contribution in [0.5, 0.6) is 5.75 Å². The molecule has 0 saturated carbocycles. The van der Waals surface area contributed by atoms with E-state index in [9.17, 15) is 0 Å². The lowest BCUT2D eigenvalue weighted by Crippen LogP contribution is -2.05. The van der Waals surface area contributed by atoms with E-state index in [0.717, 1.165) is 28.5 Å². The van der Waals surface area contributed by atoms with Crippen LogP contribution < -0.4 is 4.74 Å². The summed E-state index contributed by atoms with van der Waals surface area (Å²) in [5.41, 5.74) is 5.51. The number of nitrogens with zero attached hydrogens (tertiary/aromatic N) is 1. The Morgan fingerprint density at radius 2 is 1.75 bits per heavy atom. The molecule has 0 fully saturated rings. The molecule has 4 nitrogen and oxygen atoms in total. The molecule has 0 saturated heterocycles. The molecule has 176 valence electrons. The maximum atomic E-state index is 5.65. The fraction of sp³-hybridized carbons (Fsp3) is 0.519. The Kier molecular flexibility index (Phi) is 11.4. The molecule has 2 N–H and O–H groups in total. The third kappa shape index (κ3) is 7.16. The van der Waals surface area contributed by atoms with Crippen molar-refractivity contribution in [2.24, 2.45) is 10.9 Å². The number of methoxy groups -OCH3 is 1. The molecule has 0 spiro atoms. The topological polar surface area (TPSA) is 53.2 Å². The molecule has 2 aromatic rings. The number of aliphatic imine (C=N–C) groups is 1. The first-order valence-electron chi connectivity index (χ1n) is 12.1. The molecule has 1 aliphatic rings. The number of hydrogen-bond donors (Lipinski definition) is 2. The van der Waals surface area contributed by atoms with E-state index in [1.807, 2.05) is 24.5 Å². The molecule has 2 aromatic heterocycles. The summed E-state index contributed by atoms with van der Waals surface area (Å²) in [4.78, 5) is 11.5. The van der Waals surface area contributed by atoms with E-state index < -0.39 is 0 Å². The number of allylic oxidation sites excluding steroid dienone is 2. The second kappa shape index (κ2) is 14.1. The van der Waals surface area contributed by atoms with Gasteiger partial charge in [-0.3, -0.25) is 4.99 Å². The van der Waals surface area contributed by atoms with Gasteiger partial charge in [0.05, 0.1) is 29.9 Å². The van der Waals surface area contributed by atoms with Crippen molar-refractivity contribution in [3.8, 4) is 17.1 Å². The van der Waals surface area contributed by atoms with Gasteiger partial charge in [-0.15, -0.1) is 12.4 Å². The summed E-state index contributed by atoms with van der Waals surface area (Å²) < 4.78 is 5.65. The highest BCUT2D eigenvalue weighted by molar-refractivity contribution is 5.85. The van der Waals surface area contributed by atoms with Crippen LogP contribution in [0.15, 0.2) is 46.7 Å². The molecule has 1 aliphatic heterocycles. The van der Waals surface area contributed by atoms with Crippen LogP contribution in [0, 0.1) is 5.92 Å². The van der Waals surface area contributed by atoms with Gasteiger partial charge in [0, 0.05) is 18.5 Å². The number of hydrogen-bond acceptors (Lipinski definition) is 2. The number of halogens is 1. The summed E-state index contributed by atoms with van der Waals surface area (Å²) in [5, 5.41) is 0. The standard InChI is InChI=1S/C27H39N3O.ClH/c1-4-6-8-9-10-11-14-21(13-7-5-2)22-16-18-29-24(22)19-26-27(31-3)20-25(30-26)23-15-12-17-28-23;/h12,15-21,28,30H,4-11,13-14H2,1-3H3;1H. The average molecular weight is 458 g/mol. The molecule has 3 heterocycles. The summed E-state index contributed by atoms with van der Waals surface area (Å²) >= 11 is 0. The molecule has 0 amide bonds. The maximum Gasteiger partial charge on any atom is 0.144 e. The lowest BCUT2D eigenvalue weighted by molar-refractivity contribution is 0.414. The van der Waals surface area contributed by atoms with E-state index >= 15 is 0 Å². The second-order valence-electron chi connectivity index (χ2n) is 8.57. The van der Waals surface area contributed by atoms with Crippen LogP contribution in [0.1, 0.15) is 83.7 Å². The van der Waals surface area contributed by atoms with Gasteiger partial charge < -0.3 is 14.7 Å². The smallest absolute Gasteiger partial charge is 0.144 e. The van der Waals surface area contributed by atoms with Crippen molar-refractivity contribution < 1.29 is 4.74 Å². The zero-order valence-electron chi connectivity index (χ0n) is 20.0. The summed E-state index contributed by atoms with van der Waals surface area (Å²) in [6.45, 7) is 4.56. The molecular formula is C27H40ClN3O. The van der Waals surface area contributed by atoms with Crippen LogP contribution in [-0.2, 0) is 0 Å². The third-order valence-corrected chi connectivity index (χ3v) is 6.21. The van der Waals surface area contributed by atoms with Gasteiger partial charge in [-0.25, -0.2) is 0 Å². The fourth-order valence-electron chi connectivity index (χ4n) is 4.41. The molecule has 32 heavy (non-hydrogen) atoms. The number of nitrogens with one attached hydrogen (secondary N) is 2. The number of ether oxygens (including phenoxy) is 1. The number of aromatic nitrogens is 2. The first-order chi connectivity index (χ1) is 15.3. The van der Waals surface area contributed by atoms with Crippen molar-refractivity contribution in [1.82, 2.24) is 9.97 Å². The van der Waals surface area contributed by atoms with Crippen LogP contribution in [-0.4, -0.2) is 23.3 Å². The molecular weight excluding hydrogens is 418 g/mol. The minimum atomic E-state index is 0. The van der Waals surface area contributed by atoms with Crippen LogP contribution in [0.25, 0.3) is 17.5 Å². The normalized spacial score (nSPS) is 15.1. The van der Waals surface area contributed by atoms with Crippen LogP contribution >= 0.6 is 12.4 Å². The second-order valence-corrected chi connectivity index (χ2v) is 8.57. The van der Waals surface area contributed by atoms with Gasteiger partial charge in [-0.1, -0.05) is 65.2 Å². The van der Waals surface area contributed by atoms with Crippen molar-refractivity contribution in [2.75, 3.05) is 7.11 Å². The predicted octanol–water partition coefficient (Wildman–Crippen LogP) is 8.35. The van der Waals surface area contributed by atoms with Crippen molar-refractivity contribution in [3.63, 3.8) is 0 Å². The van der Waals surface area contributed by atoms with Gasteiger partial charge >= 0.3 is 0 Å². The number of aromatic amines is 2. The van der Waals surface area contributed by atoms with Gasteiger partial charge in [0.15, 0.2) is 0 Å². The van der Waals surface area contributed by atoms with Crippen LogP contribution in [0.4, 0.5) is 0 Å². The Labute approximate surface area is 200 Å². The molecule has 0 bridgehead atoms. The number of unbranched alkanes of at least 4 members (excludes halogenated alkanes) is 6. The van der Waals surface area contributed by atoms with Gasteiger partial charge in [0.25, 0.3) is 0 Å². The zero-order chi connectivity index (χ0) is 21.9. The Morgan fingerprint density at radius 3 is 2.47 bits per heavy atom. The summed E-state index contributed by atoms with van der Waals surface area (Å²) in [7, 11) is 1.72. The third-order valence-electron chi connectivity index (χ3n) is 6.21. The highest BCUT2D eigenvalue weighted by Gasteiger charge is 2.20. The summed E-state index contributed by atoms with van der Waals surface area (Å²) in [5.74, 6) is 1.43. The first kappa shape index (κ1) is 26.1. The molecule has 5 heteroatoms. The van der Waals surface area contributed by atoms with E-state index in [-0.39, 0.29) is 12.4 Å². The highest BCUT2D eigenvalue weighted by atomic mass is 35.5. The molecule has 0 radical (unpaired) electrons. The van der Waals surface area contributed by atoms with E-state index in [4.69, 9.17) is 9.73 Å². The Hall–Kier alpha value is -2.20. The highest BCUT2D eigenvalue weighted by Crippen LogP contribution is 2.35. The van der Waals surface area contributed by atoms with E-state index in [1.165, 1.54) is 69.8 Å². The van der Waals surface area contributed by atoms with Crippen molar-refractivity contribution in [3.05, 3.63) is 47.4 Å². The molecule has 3 rings (SSSR count). The van der Waals surface area contributed by atoms with Crippen molar-refractivity contribution in [2.45, 2.75) is 78.1 Å². The average Bonchev–Trinajstić information content (AvgIpc) is 3.54. The quantitative estimate of drug-likeness (QED) is 0.275. The Morgan fingerprint density at radius 1 is 1.00 bits per heavy atom. The fourth-order valence-corrected chi connectivity index (χ4v) is 4.41. The van der Waals surface area contributed by atoms with Gasteiger partial charge in [0.2, 0.25) is 0 Å². The van der Waals surface area contributed by atoms with Crippen LogP contribution in [0.2, 0.25) is 0 Å². The van der Waals surface area contributed by atoms with E-state index in [0.29, 0.717) is 5.92 Å². The van der Waals surface area contributed by atoms with Crippen molar-refractivity contribution >= 4 is 24.7 Å². The predicted molar refractivity (Wildman–Crippen MR) is 140 cm³/mol. The van der Waals surface area contributed by atoms with E-state index in [1.54, 1.807) is 7.11 Å². The Balaban J connectivity index is 0.00000363. The maximum absolute atomic E-state index is 5.65. The van der Waals surface area contributed by atoms with Gasteiger partial charge in [0.1, 0.15) is 5.75 Å². The Bertz CT molecular complexity index is 877. The minimum absolute atomic E-state index is 0. The molecule has 1 unspecified atom stereocenters. The summed E-state index contributed by atoms with van der Waals surface area (Å²) in [6.07, 6.45) is 21.4. The molecule has 0 aliphatic carbocycles. The largest absolute Gasteiger partial charge is 0.494 e. The van der Waals surface area contributed by atoms with Crippen molar-refractivity contribution in [1.29, 1.82) is 0 Å². The van der Waals surface area contributed by atoms with Gasteiger partial charge in [-0.2, -0.15) is 0 Å². The van der Waals surface area contributed by atoms with Gasteiger partial charge in [-0.05, 0) is 48.6 Å². The minimum Gasteiger partial charge on any atom is -0.494 e. The monoisotopic (exact) mass is 457 g/mol. The lowest BCUT2D eigenvalue weighted by atomic mass is 9.86. The van der Waals surface area contributed by atoms with Crippen LogP contribution in [0.3, 0.4) is 0 Å². The first-order valence-corrected chi connectivity index (χ1v) is 12.1. The zero-order valence-corrected chi connectivity index (χ0v) is 20.8. The van der Waals surface area contributed by atoms with E-state index in [2.05, 4.69) is 42.0 Å². The lowest BCUT2D eigenvalue weighted by Gasteiger charge is -2.19. The summed E-state index contributed by atoms with van der Waals surface area (Å²) in [6, 6.07) is 6.11. The molecule has 0 aromatic carbocycles. The number of H-pyrrole nitrogens is 2. The molecule has 1 atom stereocenters.